The number of aromatic nitrogens is 1. The number of H-pyrrole nitrogens is 1. The fourth-order valence-corrected chi connectivity index (χ4v) is 1.95. The Morgan fingerprint density at radius 2 is 2.20 bits per heavy atom. The topological polar surface area (TPSA) is 73.3 Å². The fraction of sp³-hybridized carbons (Fsp3) is 0.100. The number of aliphatic hydroxyl groups excluding tert-OH is 1. The van der Waals surface area contributed by atoms with Gasteiger partial charge in [0.1, 0.15) is 0 Å². The molecule has 0 aliphatic heterocycles. The molecule has 1 atom stereocenters. The van der Waals surface area contributed by atoms with Crippen LogP contribution in [0.1, 0.15) is 11.7 Å². The van der Waals surface area contributed by atoms with E-state index in [0.717, 1.165) is 9.86 Å². The molecule has 15 heavy (non-hydrogen) atoms. The molecule has 1 unspecified atom stereocenters. The lowest BCUT2D eigenvalue weighted by atomic mass is 10.1. The van der Waals surface area contributed by atoms with Crippen LogP contribution in [0.4, 0.5) is 0 Å². The highest BCUT2D eigenvalue weighted by molar-refractivity contribution is 9.10. The average molecular weight is 270 g/mol. The van der Waals surface area contributed by atoms with E-state index in [0.29, 0.717) is 11.1 Å². The number of carboxylic acids is 1. The van der Waals surface area contributed by atoms with Crippen molar-refractivity contribution in [1.82, 2.24) is 4.98 Å². The molecule has 4 nitrogen and oxygen atoms in total. The maximum absolute atomic E-state index is 10.7. The molecule has 3 N–H and O–H groups in total. The Bertz CT molecular complexity index is 520. The predicted molar refractivity (Wildman–Crippen MR) is 58.6 cm³/mol. The van der Waals surface area contributed by atoms with Crippen molar-refractivity contribution in [2.45, 2.75) is 6.10 Å². The second-order valence-corrected chi connectivity index (χ2v) is 4.00. The minimum absolute atomic E-state index is 0.366. The van der Waals surface area contributed by atoms with E-state index in [1.807, 2.05) is 6.07 Å². The summed E-state index contributed by atoms with van der Waals surface area (Å²) in [5.41, 5.74) is 1.00. The molecular weight excluding hydrogens is 262 g/mol. The second kappa shape index (κ2) is 3.67. The number of rotatable bonds is 2. The summed E-state index contributed by atoms with van der Waals surface area (Å²) in [5.74, 6) is -1.26. The standard InChI is InChI=1S/C10H8BrNO3/c11-7-4-12-8-5(7)2-1-3-6(8)9(13)10(14)15/h1-4,9,12-13H,(H,14,15). The lowest BCUT2D eigenvalue weighted by molar-refractivity contribution is -0.146. The lowest BCUT2D eigenvalue weighted by Gasteiger charge is -2.06. The monoisotopic (exact) mass is 269 g/mol. The van der Waals surface area contributed by atoms with E-state index in [9.17, 15) is 9.90 Å². The number of aromatic amines is 1. The van der Waals surface area contributed by atoms with Crippen molar-refractivity contribution in [2.75, 3.05) is 0 Å². The number of benzene rings is 1. The molecule has 0 amide bonds. The molecule has 1 aromatic carbocycles. The van der Waals surface area contributed by atoms with Crippen molar-refractivity contribution in [1.29, 1.82) is 0 Å². The van der Waals surface area contributed by atoms with Crippen molar-refractivity contribution >= 4 is 32.8 Å². The largest absolute Gasteiger partial charge is 0.479 e. The van der Waals surface area contributed by atoms with Crippen molar-refractivity contribution in [3.8, 4) is 0 Å². The van der Waals surface area contributed by atoms with Crippen LogP contribution < -0.4 is 0 Å². The van der Waals surface area contributed by atoms with Crippen molar-refractivity contribution in [3.63, 3.8) is 0 Å². The number of para-hydroxylation sites is 1. The van der Waals surface area contributed by atoms with Gasteiger partial charge in [-0.25, -0.2) is 4.79 Å². The molecule has 0 saturated heterocycles. The summed E-state index contributed by atoms with van der Waals surface area (Å²) in [4.78, 5) is 13.6. The van der Waals surface area contributed by atoms with Crippen molar-refractivity contribution < 1.29 is 15.0 Å². The van der Waals surface area contributed by atoms with Gasteiger partial charge in [0.15, 0.2) is 6.10 Å². The van der Waals surface area contributed by atoms with Crippen LogP contribution in [0.3, 0.4) is 0 Å². The van der Waals surface area contributed by atoms with Gasteiger partial charge < -0.3 is 15.2 Å². The van der Waals surface area contributed by atoms with Crippen LogP contribution in [-0.4, -0.2) is 21.2 Å². The summed E-state index contributed by atoms with van der Waals surface area (Å²) < 4.78 is 0.844. The molecular formula is C10H8BrNO3. The van der Waals surface area contributed by atoms with Crippen LogP contribution in [0.2, 0.25) is 0 Å². The number of aliphatic hydroxyl groups is 1. The zero-order valence-electron chi connectivity index (χ0n) is 7.57. The summed E-state index contributed by atoms with van der Waals surface area (Å²) in [7, 11) is 0. The number of carboxylic acid groups (broad SMARTS) is 1. The van der Waals surface area contributed by atoms with Gasteiger partial charge in [-0.15, -0.1) is 0 Å². The summed E-state index contributed by atoms with van der Waals surface area (Å²) in [6.07, 6.45) is 0.210. The molecule has 0 fully saturated rings. The van der Waals surface area contributed by atoms with Gasteiger partial charge in [0.2, 0.25) is 0 Å². The smallest absolute Gasteiger partial charge is 0.337 e. The zero-order valence-corrected chi connectivity index (χ0v) is 9.15. The quantitative estimate of drug-likeness (QED) is 0.781. The van der Waals surface area contributed by atoms with E-state index in [4.69, 9.17) is 5.11 Å². The molecule has 0 bridgehead atoms. The first-order valence-corrected chi connectivity index (χ1v) is 5.07. The van der Waals surface area contributed by atoms with Crippen LogP contribution in [-0.2, 0) is 4.79 Å². The number of carbonyl (C=O) groups is 1. The molecule has 2 rings (SSSR count). The molecule has 1 heterocycles. The van der Waals surface area contributed by atoms with E-state index >= 15 is 0 Å². The third kappa shape index (κ3) is 1.64. The molecule has 0 aliphatic rings. The van der Waals surface area contributed by atoms with Crippen LogP contribution in [0.15, 0.2) is 28.9 Å². The molecule has 2 aromatic rings. The molecule has 0 spiro atoms. The van der Waals surface area contributed by atoms with Gasteiger partial charge >= 0.3 is 5.97 Å². The number of aliphatic carboxylic acids is 1. The van der Waals surface area contributed by atoms with Gasteiger partial charge in [0.05, 0.1) is 5.52 Å². The van der Waals surface area contributed by atoms with Crippen molar-refractivity contribution in [2.24, 2.45) is 0 Å². The first-order chi connectivity index (χ1) is 7.11. The highest BCUT2D eigenvalue weighted by Gasteiger charge is 2.19. The fourth-order valence-electron chi connectivity index (χ4n) is 1.50. The number of hydrogen-bond donors (Lipinski definition) is 3. The maximum atomic E-state index is 10.7. The average Bonchev–Trinajstić information content (AvgIpc) is 2.59. The van der Waals surface area contributed by atoms with Gasteiger partial charge in [-0.05, 0) is 15.9 Å². The normalized spacial score (nSPS) is 12.9. The van der Waals surface area contributed by atoms with Gasteiger partial charge in [-0.1, -0.05) is 18.2 Å². The van der Waals surface area contributed by atoms with Gasteiger partial charge in [0.25, 0.3) is 0 Å². The summed E-state index contributed by atoms with van der Waals surface area (Å²) in [6.45, 7) is 0. The van der Waals surface area contributed by atoms with Crippen LogP contribution in [0.5, 0.6) is 0 Å². The van der Waals surface area contributed by atoms with E-state index in [1.165, 1.54) is 0 Å². The van der Waals surface area contributed by atoms with Gasteiger partial charge in [-0.2, -0.15) is 0 Å². The van der Waals surface area contributed by atoms with Gasteiger partial charge in [-0.3, -0.25) is 0 Å². The van der Waals surface area contributed by atoms with Crippen LogP contribution in [0.25, 0.3) is 10.9 Å². The van der Waals surface area contributed by atoms with Crippen LogP contribution in [0, 0.1) is 0 Å². The summed E-state index contributed by atoms with van der Waals surface area (Å²) in [6, 6.07) is 5.14. The number of hydrogen-bond acceptors (Lipinski definition) is 2. The summed E-state index contributed by atoms with van der Waals surface area (Å²) >= 11 is 3.33. The Morgan fingerprint density at radius 3 is 2.87 bits per heavy atom. The minimum Gasteiger partial charge on any atom is -0.479 e. The maximum Gasteiger partial charge on any atom is 0.337 e. The Balaban J connectivity index is 2.66. The first kappa shape index (κ1) is 10.2. The van der Waals surface area contributed by atoms with E-state index in [1.54, 1.807) is 18.3 Å². The van der Waals surface area contributed by atoms with Crippen LogP contribution >= 0.6 is 15.9 Å². The summed E-state index contributed by atoms with van der Waals surface area (Å²) in [5, 5.41) is 19.1. The SMILES string of the molecule is O=C(O)C(O)c1cccc2c(Br)c[nH]c12. The number of nitrogens with one attached hydrogen (secondary N) is 1. The van der Waals surface area contributed by atoms with Crippen molar-refractivity contribution in [3.05, 3.63) is 34.4 Å². The number of fused-ring (bicyclic) bond motifs is 1. The minimum atomic E-state index is -1.50. The molecule has 0 saturated carbocycles. The Kier molecular flexibility index (Phi) is 2.50. The number of halogens is 1. The highest BCUT2D eigenvalue weighted by atomic mass is 79.9. The zero-order chi connectivity index (χ0) is 11.0. The van der Waals surface area contributed by atoms with E-state index < -0.39 is 12.1 Å². The Labute approximate surface area is 93.7 Å². The third-order valence-electron chi connectivity index (χ3n) is 2.23. The second-order valence-electron chi connectivity index (χ2n) is 3.15. The molecule has 0 aliphatic carbocycles. The Hall–Kier alpha value is -1.33. The van der Waals surface area contributed by atoms with E-state index in [-0.39, 0.29) is 0 Å². The Morgan fingerprint density at radius 1 is 1.47 bits per heavy atom. The molecule has 5 heteroatoms. The molecule has 1 aromatic heterocycles. The molecule has 0 radical (unpaired) electrons. The van der Waals surface area contributed by atoms with E-state index in [2.05, 4.69) is 20.9 Å². The lowest BCUT2D eigenvalue weighted by Crippen LogP contribution is -2.10. The first-order valence-electron chi connectivity index (χ1n) is 4.27. The highest BCUT2D eigenvalue weighted by Crippen LogP contribution is 2.28. The van der Waals surface area contributed by atoms with Gasteiger partial charge in [0, 0.05) is 21.6 Å². The third-order valence-corrected chi connectivity index (χ3v) is 2.88. The predicted octanol–water partition coefficient (Wildman–Crippen LogP) is 2.05. The molecule has 78 valence electrons.